The SMILES string of the molecule is COCOc1cc(Br)ccc1S(N)(=O)=O. The Morgan fingerprint density at radius 2 is 2.13 bits per heavy atom. The van der Waals surface area contributed by atoms with E-state index in [1.54, 1.807) is 6.07 Å². The van der Waals surface area contributed by atoms with Gasteiger partial charge in [0.25, 0.3) is 0 Å². The molecule has 0 saturated heterocycles. The quantitative estimate of drug-likeness (QED) is 0.843. The monoisotopic (exact) mass is 295 g/mol. The molecule has 1 aromatic rings. The average Bonchev–Trinajstić information content (AvgIpc) is 2.12. The lowest BCUT2D eigenvalue weighted by Gasteiger charge is -2.09. The van der Waals surface area contributed by atoms with Gasteiger partial charge in [0, 0.05) is 11.6 Å². The molecule has 1 rings (SSSR count). The molecule has 84 valence electrons. The van der Waals surface area contributed by atoms with Crippen molar-refractivity contribution in [1.29, 1.82) is 0 Å². The molecule has 0 saturated carbocycles. The molecule has 0 radical (unpaired) electrons. The zero-order chi connectivity index (χ0) is 11.5. The molecule has 1 aromatic carbocycles. The molecule has 0 fully saturated rings. The highest BCUT2D eigenvalue weighted by Crippen LogP contribution is 2.26. The average molecular weight is 296 g/mol. The Kier molecular flexibility index (Phi) is 4.09. The molecule has 0 aliphatic rings. The van der Waals surface area contributed by atoms with Crippen LogP contribution in [0.1, 0.15) is 0 Å². The molecule has 0 bridgehead atoms. The number of benzene rings is 1. The van der Waals surface area contributed by atoms with E-state index < -0.39 is 10.0 Å². The van der Waals surface area contributed by atoms with Crippen LogP contribution in [0.25, 0.3) is 0 Å². The first kappa shape index (κ1) is 12.4. The van der Waals surface area contributed by atoms with E-state index in [1.807, 2.05) is 0 Å². The summed E-state index contributed by atoms with van der Waals surface area (Å²) < 4.78 is 32.8. The van der Waals surface area contributed by atoms with Crippen LogP contribution in [0.3, 0.4) is 0 Å². The second kappa shape index (κ2) is 4.93. The standard InChI is InChI=1S/C8H10BrNO4S/c1-13-5-14-7-4-6(9)2-3-8(7)15(10,11)12/h2-4H,5H2,1H3,(H2,10,11,12). The lowest BCUT2D eigenvalue weighted by atomic mass is 10.3. The third kappa shape index (κ3) is 3.45. The second-order valence-electron chi connectivity index (χ2n) is 2.69. The van der Waals surface area contributed by atoms with Gasteiger partial charge >= 0.3 is 0 Å². The second-order valence-corrected chi connectivity index (χ2v) is 5.13. The predicted octanol–water partition coefficient (Wildman–Crippen LogP) is 1.08. The lowest BCUT2D eigenvalue weighted by Crippen LogP contribution is -2.14. The van der Waals surface area contributed by atoms with Gasteiger partial charge in [-0.1, -0.05) is 15.9 Å². The molecular formula is C8H10BrNO4S. The van der Waals surface area contributed by atoms with E-state index >= 15 is 0 Å². The largest absolute Gasteiger partial charge is 0.466 e. The van der Waals surface area contributed by atoms with E-state index in [4.69, 9.17) is 9.88 Å². The molecule has 0 unspecified atom stereocenters. The van der Waals surface area contributed by atoms with Crippen LogP contribution in [0.15, 0.2) is 27.6 Å². The number of primary sulfonamides is 1. The van der Waals surface area contributed by atoms with Crippen molar-refractivity contribution in [2.24, 2.45) is 5.14 Å². The van der Waals surface area contributed by atoms with Crippen molar-refractivity contribution >= 4 is 26.0 Å². The van der Waals surface area contributed by atoms with Crippen LogP contribution < -0.4 is 9.88 Å². The number of hydrogen-bond donors (Lipinski definition) is 1. The van der Waals surface area contributed by atoms with Crippen LogP contribution in [-0.4, -0.2) is 22.3 Å². The van der Waals surface area contributed by atoms with Crippen molar-refractivity contribution in [3.63, 3.8) is 0 Å². The molecular weight excluding hydrogens is 286 g/mol. The van der Waals surface area contributed by atoms with Crippen LogP contribution in [0.2, 0.25) is 0 Å². The molecule has 0 aromatic heterocycles. The number of halogens is 1. The normalized spacial score (nSPS) is 11.4. The molecule has 0 spiro atoms. The smallest absolute Gasteiger partial charge is 0.241 e. The number of ether oxygens (including phenoxy) is 2. The third-order valence-corrected chi connectivity index (χ3v) is 2.99. The van der Waals surface area contributed by atoms with E-state index in [9.17, 15) is 8.42 Å². The molecule has 0 atom stereocenters. The van der Waals surface area contributed by atoms with Crippen LogP contribution in [0.4, 0.5) is 0 Å². The summed E-state index contributed by atoms with van der Waals surface area (Å²) in [6.07, 6.45) is 0. The summed E-state index contributed by atoms with van der Waals surface area (Å²) >= 11 is 3.20. The molecule has 0 aliphatic heterocycles. The molecule has 0 aliphatic carbocycles. The number of rotatable bonds is 4. The third-order valence-electron chi connectivity index (χ3n) is 1.54. The number of sulfonamides is 1. The number of methoxy groups -OCH3 is 1. The van der Waals surface area contributed by atoms with Crippen molar-refractivity contribution in [3.05, 3.63) is 22.7 Å². The van der Waals surface area contributed by atoms with Gasteiger partial charge in [-0.2, -0.15) is 0 Å². The van der Waals surface area contributed by atoms with E-state index in [-0.39, 0.29) is 17.4 Å². The first-order chi connectivity index (χ1) is 6.95. The highest BCUT2D eigenvalue weighted by Gasteiger charge is 2.15. The highest BCUT2D eigenvalue weighted by molar-refractivity contribution is 9.10. The fourth-order valence-corrected chi connectivity index (χ4v) is 1.95. The van der Waals surface area contributed by atoms with Crippen LogP contribution in [-0.2, 0) is 14.8 Å². The molecule has 5 nitrogen and oxygen atoms in total. The van der Waals surface area contributed by atoms with Crippen molar-refractivity contribution in [3.8, 4) is 5.75 Å². The Hall–Kier alpha value is -0.630. The lowest BCUT2D eigenvalue weighted by molar-refractivity contribution is 0.0490. The summed E-state index contributed by atoms with van der Waals surface area (Å²) in [5.74, 6) is 0.161. The maximum absolute atomic E-state index is 11.2. The van der Waals surface area contributed by atoms with Gasteiger partial charge < -0.3 is 9.47 Å². The zero-order valence-corrected chi connectivity index (χ0v) is 10.3. The summed E-state index contributed by atoms with van der Waals surface area (Å²) in [4.78, 5) is -0.0669. The Morgan fingerprint density at radius 3 is 2.67 bits per heavy atom. The Balaban J connectivity index is 3.15. The van der Waals surface area contributed by atoms with Gasteiger partial charge in [-0.25, -0.2) is 13.6 Å². The van der Waals surface area contributed by atoms with Gasteiger partial charge in [0.2, 0.25) is 10.0 Å². The summed E-state index contributed by atoms with van der Waals surface area (Å²) in [7, 11) is -2.34. The maximum atomic E-state index is 11.2. The van der Waals surface area contributed by atoms with Gasteiger partial charge in [-0.3, -0.25) is 0 Å². The highest BCUT2D eigenvalue weighted by atomic mass is 79.9. The Bertz CT molecular complexity index is 446. The van der Waals surface area contributed by atoms with E-state index in [1.165, 1.54) is 19.2 Å². The summed E-state index contributed by atoms with van der Waals surface area (Å²) in [5.41, 5.74) is 0. The van der Waals surface area contributed by atoms with Gasteiger partial charge in [0.1, 0.15) is 10.6 Å². The summed E-state index contributed by atoms with van der Waals surface area (Å²) in [6.45, 7) is -0.0427. The fraction of sp³-hybridized carbons (Fsp3) is 0.250. The van der Waals surface area contributed by atoms with Gasteiger partial charge in [0.15, 0.2) is 6.79 Å². The molecule has 15 heavy (non-hydrogen) atoms. The fourth-order valence-electron chi connectivity index (χ4n) is 0.952. The minimum Gasteiger partial charge on any atom is -0.466 e. The van der Waals surface area contributed by atoms with E-state index in [0.29, 0.717) is 4.47 Å². The molecule has 0 amide bonds. The molecule has 0 heterocycles. The first-order valence-corrected chi connectivity index (χ1v) is 6.23. The van der Waals surface area contributed by atoms with Crippen molar-refractivity contribution in [1.82, 2.24) is 0 Å². The van der Waals surface area contributed by atoms with Crippen molar-refractivity contribution in [2.45, 2.75) is 4.90 Å². The Labute approximate surface area is 96.4 Å². The Morgan fingerprint density at radius 1 is 1.47 bits per heavy atom. The van der Waals surface area contributed by atoms with E-state index in [0.717, 1.165) is 0 Å². The summed E-state index contributed by atoms with van der Waals surface area (Å²) in [5, 5.41) is 5.02. The zero-order valence-electron chi connectivity index (χ0n) is 7.94. The molecule has 7 heteroatoms. The molecule has 2 N–H and O–H groups in total. The van der Waals surface area contributed by atoms with Gasteiger partial charge in [-0.15, -0.1) is 0 Å². The maximum Gasteiger partial charge on any atom is 0.241 e. The first-order valence-electron chi connectivity index (χ1n) is 3.89. The minimum atomic E-state index is -3.78. The van der Waals surface area contributed by atoms with Crippen molar-refractivity contribution in [2.75, 3.05) is 13.9 Å². The van der Waals surface area contributed by atoms with Gasteiger partial charge in [0.05, 0.1) is 0 Å². The van der Waals surface area contributed by atoms with Crippen LogP contribution in [0, 0.1) is 0 Å². The number of hydrogen-bond acceptors (Lipinski definition) is 4. The van der Waals surface area contributed by atoms with Gasteiger partial charge in [-0.05, 0) is 18.2 Å². The number of nitrogens with two attached hydrogens (primary N) is 1. The van der Waals surface area contributed by atoms with Crippen molar-refractivity contribution < 1.29 is 17.9 Å². The minimum absolute atomic E-state index is 0.0427. The topological polar surface area (TPSA) is 78.6 Å². The summed E-state index contributed by atoms with van der Waals surface area (Å²) in [6, 6.07) is 4.45. The van der Waals surface area contributed by atoms with Crippen LogP contribution >= 0.6 is 15.9 Å². The van der Waals surface area contributed by atoms with Crippen LogP contribution in [0.5, 0.6) is 5.75 Å². The van der Waals surface area contributed by atoms with E-state index in [2.05, 4.69) is 20.7 Å². The predicted molar refractivity (Wildman–Crippen MR) is 58.0 cm³/mol.